The standard InChI is InChI=1S/C12H18N4O3S/c1-3-4-7(19-2)5-6-16-9-8(20-12(16)18)10(17)15-11(13)14-9/h7H,3-6H2,1-2H3,(H3,13,14,15,17). The Hall–Kier alpha value is -1.67. The maximum Gasteiger partial charge on any atom is 0.309 e. The van der Waals surface area contributed by atoms with E-state index >= 15 is 0 Å². The molecule has 0 aliphatic carbocycles. The topological polar surface area (TPSA) is 103 Å². The van der Waals surface area contributed by atoms with Crippen molar-refractivity contribution >= 4 is 27.6 Å². The first-order valence-electron chi connectivity index (χ1n) is 6.48. The number of H-pyrrole nitrogens is 1. The zero-order valence-electron chi connectivity index (χ0n) is 11.5. The van der Waals surface area contributed by atoms with Gasteiger partial charge in [0, 0.05) is 13.7 Å². The summed E-state index contributed by atoms with van der Waals surface area (Å²) in [4.78, 5) is 29.9. The molecule has 8 heteroatoms. The van der Waals surface area contributed by atoms with Crippen molar-refractivity contribution < 1.29 is 4.74 Å². The predicted molar refractivity (Wildman–Crippen MR) is 79.2 cm³/mol. The van der Waals surface area contributed by atoms with Gasteiger partial charge in [0.2, 0.25) is 5.95 Å². The number of nitrogens with zero attached hydrogens (tertiary/aromatic N) is 2. The molecule has 0 aliphatic rings. The third kappa shape index (κ3) is 2.91. The number of fused-ring (bicyclic) bond motifs is 1. The number of methoxy groups -OCH3 is 1. The number of aryl methyl sites for hydroxylation is 1. The number of aromatic nitrogens is 3. The smallest absolute Gasteiger partial charge is 0.309 e. The molecule has 1 atom stereocenters. The van der Waals surface area contributed by atoms with Crippen molar-refractivity contribution in [2.45, 2.75) is 38.8 Å². The fourth-order valence-corrected chi connectivity index (χ4v) is 3.00. The van der Waals surface area contributed by atoms with Gasteiger partial charge in [-0.25, -0.2) is 0 Å². The van der Waals surface area contributed by atoms with Crippen molar-refractivity contribution in [1.29, 1.82) is 0 Å². The second-order valence-electron chi connectivity index (χ2n) is 4.56. The van der Waals surface area contributed by atoms with Crippen LogP contribution < -0.4 is 16.2 Å². The molecule has 0 radical (unpaired) electrons. The largest absolute Gasteiger partial charge is 0.381 e. The molecule has 0 bridgehead atoms. The second kappa shape index (κ2) is 6.19. The van der Waals surface area contributed by atoms with E-state index in [0.717, 1.165) is 24.2 Å². The van der Waals surface area contributed by atoms with Gasteiger partial charge in [-0.2, -0.15) is 4.98 Å². The number of rotatable bonds is 6. The van der Waals surface area contributed by atoms with Gasteiger partial charge in [-0.15, -0.1) is 0 Å². The summed E-state index contributed by atoms with van der Waals surface area (Å²) in [6.07, 6.45) is 2.75. The van der Waals surface area contributed by atoms with E-state index in [1.54, 1.807) is 7.11 Å². The molecule has 1 unspecified atom stereocenters. The molecule has 0 fully saturated rings. The van der Waals surface area contributed by atoms with E-state index in [2.05, 4.69) is 16.9 Å². The number of anilines is 1. The molecule has 0 amide bonds. The summed E-state index contributed by atoms with van der Waals surface area (Å²) in [5.74, 6) is 0.0194. The van der Waals surface area contributed by atoms with E-state index in [0.29, 0.717) is 23.3 Å². The Balaban J connectivity index is 2.32. The van der Waals surface area contributed by atoms with E-state index in [1.807, 2.05) is 0 Å². The lowest BCUT2D eigenvalue weighted by Gasteiger charge is -2.14. The van der Waals surface area contributed by atoms with Gasteiger partial charge < -0.3 is 10.5 Å². The minimum absolute atomic E-state index is 0.0194. The van der Waals surface area contributed by atoms with Crippen LogP contribution in [0.5, 0.6) is 0 Å². The van der Waals surface area contributed by atoms with E-state index in [-0.39, 0.29) is 22.5 Å². The van der Waals surface area contributed by atoms with Crippen LogP contribution in [0.2, 0.25) is 0 Å². The van der Waals surface area contributed by atoms with Crippen molar-refractivity contribution in [3.63, 3.8) is 0 Å². The van der Waals surface area contributed by atoms with Gasteiger partial charge in [-0.3, -0.25) is 19.1 Å². The quantitative estimate of drug-likeness (QED) is 0.826. The van der Waals surface area contributed by atoms with Gasteiger partial charge in [0.05, 0.1) is 6.10 Å². The highest BCUT2D eigenvalue weighted by molar-refractivity contribution is 7.16. The number of hydrogen-bond acceptors (Lipinski definition) is 6. The fourth-order valence-electron chi connectivity index (χ4n) is 2.14. The number of nitrogen functional groups attached to an aromatic ring is 1. The van der Waals surface area contributed by atoms with Crippen molar-refractivity contribution in [2.24, 2.45) is 0 Å². The van der Waals surface area contributed by atoms with Crippen LogP contribution in [-0.4, -0.2) is 27.7 Å². The molecule has 7 nitrogen and oxygen atoms in total. The third-order valence-electron chi connectivity index (χ3n) is 3.16. The van der Waals surface area contributed by atoms with Crippen LogP contribution in [0, 0.1) is 0 Å². The molecule has 2 aromatic rings. The van der Waals surface area contributed by atoms with Gasteiger partial charge in [0.1, 0.15) is 4.70 Å². The van der Waals surface area contributed by atoms with E-state index in [9.17, 15) is 9.59 Å². The van der Waals surface area contributed by atoms with Crippen LogP contribution in [0.3, 0.4) is 0 Å². The molecule has 0 aromatic carbocycles. The van der Waals surface area contributed by atoms with Gasteiger partial charge >= 0.3 is 4.87 Å². The summed E-state index contributed by atoms with van der Waals surface area (Å²) in [5, 5.41) is 0. The Morgan fingerprint density at radius 2 is 2.20 bits per heavy atom. The average Bonchev–Trinajstić information content (AvgIpc) is 2.71. The number of ether oxygens (including phenoxy) is 1. The average molecular weight is 298 g/mol. The number of aromatic amines is 1. The monoisotopic (exact) mass is 298 g/mol. The van der Waals surface area contributed by atoms with Crippen molar-refractivity contribution in [2.75, 3.05) is 12.8 Å². The van der Waals surface area contributed by atoms with Crippen molar-refractivity contribution in [3.8, 4) is 0 Å². The van der Waals surface area contributed by atoms with Crippen molar-refractivity contribution in [3.05, 3.63) is 20.0 Å². The Bertz CT molecular complexity index is 703. The number of nitrogens with one attached hydrogen (secondary N) is 1. The molecule has 20 heavy (non-hydrogen) atoms. The molecule has 3 N–H and O–H groups in total. The van der Waals surface area contributed by atoms with Gasteiger partial charge in [-0.1, -0.05) is 24.7 Å². The Labute approximate surface area is 119 Å². The van der Waals surface area contributed by atoms with E-state index in [4.69, 9.17) is 10.5 Å². The summed E-state index contributed by atoms with van der Waals surface area (Å²) in [5.41, 5.74) is 5.51. The van der Waals surface area contributed by atoms with E-state index < -0.39 is 0 Å². The molecule has 2 rings (SSSR count). The summed E-state index contributed by atoms with van der Waals surface area (Å²) in [7, 11) is 1.66. The fraction of sp³-hybridized carbons (Fsp3) is 0.583. The molecule has 0 aliphatic heterocycles. The van der Waals surface area contributed by atoms with Crippen LogP contribution in [0.1, 0.15) is 26.2 Å². The molecule has 2 heterocycles. The summed E-state index contributed by atoms with van der Waals surface area (Å²) in [6, 6.07) is 0. The molecular weight excluding hydrogens is 280 g/mol. The Morgan fingerprint density at radius 1 is 1.45 bits per heavy atom. The molecule has 0 spiro atoms. The van der Waals surface area contributed by atoms with Gasteiger partial charge in [0.15, 0.2) is 5.65 Å². The maximum absolute atomic E-state index is 12.0. The molecule has 110 valence electrons. The summed E-state index contributed by atoms with van der Waals surface area (Å²) >= 11 is 0.891. The van der Waals surface area contributed by atoms with Crippen LogP contribution in [0.4, 0.5) is 5.95 Å². The van der Waals surface area contributed by atoms with E-state index in [1.165, 1.54) is 4.57 Å². The lowest BCUT2D eigenvalue weighted by atomic mass is 10.1. The molecule has 0 saturated carbocycles. The van der Waals surface area contributed by atoms with Crippen LogP contribution >= 0.6 is 11.3 Å². The number of nitrogens with two attached hydrogens (primary N) is 1. The van der Waals surface area contributed by atoms with Gasteiger partial charge in [-0.05, 0) is 12.8 Å². The van der Waals surface area contributed by atoms with Crippen LogP contribution in [0.15, 0.2) is 9.59 Å². The molecule has 2 aromatic heterocycles. The highest BCUT2D eigenvalue weighted by atomic mass is 32.1. The summed E-state index contributed by atoms with van der Waals surface area (Å²) in [6.45, 7) is 2.55. The highest BCUT2D eigenvalue weighted by Gasteiger charge is 2.14. The minimum Gasteiger partial charge on any atom is -0.381 e. The lowest BCUT2D eigenvalue weighted by Crippen LogP contribution is -2.20. The van der Waals surface area contributed by atoms with Crippen molar-refractivity contribution in [1.82, 2.24) is 14.5 Å². The first-order chi connectivity index (χ1) is 9.56. The van der Waals surface area contributed by atoms with Gasteiger partial charge in [0.25, 0.3) is 5.56 Å². The SMILES string of the molecule is CCCC(CCn1c(=O)sc2c(=O)[nH]c(N)nc21)OC. The normalized spacial score (nSPS) is 12.9. The van der Waals surface area contributed by atoms with Crippen LogP contribution in [-0.2, 0) is 11.3 Å². The molecule has 0 saturated heterocycles. The minimum atomic E-state index is -0.370. The zero-order valence-corrected chi connectivity index (χ0v) is 12.3. The first-order valence-corrected chi connectivity index (χ1v) is 7.30. The number of hydrogen-bond donors (Lipinski definition) is 2. The third-order valence-corrected chi connectivity index (χ3v) is 4.13. The number of thiazole rings is 1. The summed E-state index contributed by atoms with van der Waals surface area (Å²) < 4.78 is 7.17. The molecular formula is C12H18N4O3S. The second-order valence-corrected chi connectivity index (χ2v) is 5.52. The highest BCUT2D eigenvalue weighted by Crippen LogP contribution is 2.13. The first kappa shape index (κ1) is 14.7. The van der Waals surface area contributed by atoms with Crippen LogP contribution in [0.25, 0.3) is 10.3 Å². The predicted octanol–water partition coefficient (Wildman–Crippen LogP) is 0.934. The lowest BCUT2D eigenvalue weighted by molar-refractivity contribution is 0.0836. The zero-order chi connectivity index (χ0) is 14.7. The Morgan fingerprint density at radius 3 is 2.85 bits per heavy atom. The Kier molecular flexibility index (Phi) is 4.56. The maximum atomic E-state index is 12.0.